The number of hydrogen-bond acceptors (Lipinski definition) is 3. The number of nitrogens with one attached hydrogen (secondary N) is 1. The lowest BCUT2D eigenvalue weighted by molar-refractivity contribution is -0.131. The summed E-state index contributed by atoms with van der Waals surface area (Å²) in [5, 5.41) is 3.14. The molecule has 1 aliphatic heterocycles. The third kappa shape index (κ3) is 2.81. The first-order valence-electron chi connectivity index (χ1n) is 7.58. The summed E-state index contributed by atoms with van der Waals surface area (Å²) in [5.41, 5.74) is 6.37. The normalized spacial score (nSPS) is 23.6. The molecule has 2 aliphatic rings. The van der Waals surface area contributed by atoms with Crippen LogP contribution in [0.3, 0.4) is 0 Å². The Morgan fingerprint density at radius 2 is 2.19 bits per heavy atom. The van der Waals surface area contributed by atoms with Gasteiger partial charge >= 0.3 is 0 Å². The molecule has 21 heavy (non-hydrogen) atoms. The Morgan fingerprint density at radius 3 is 2.90 bits per heavy atom. The molecule has 1 aromatic carbocycles. The molecule has 0 bridgehead atoms. The molecule has 1 amide bonds. The van der Waals surface area contributed by atoms with Gasteiger partial charge in [-0.25, -0.2) is 4.39 Å². The summed E-state index contributed by atoms with van der Waals surface area (Å²) in [6, 6.07) is 4.75. The summed E-state index contributed by atoms with van der Waals surface area (Å²) in [4.78, 5) is 13.7. The van der Waals surface area contributed by atoms with Crippen LogP contribution in [0.25, 0.3) is 0 Å². The topological polar surface area (TPSA) is 55.1 Å². The Bertz CT molecular complexity index is 543. The molecule has 3 N–H and O–H groups in total. The van der Waals surface area contributed by atoms with Crippen molar-refractivity contribution in [2.45, 2.75) is 43.0 Å². The van der Waals surface area contributed by atoms with Crippen LogP contribution in [0.4, 0.5) is 4.39 Å². The molecule has 1 aliphatic carbocycles. The van der Waals surface area contributed by atoms with Crippen LogP contribution in [0.1, 0.15) is 43.7 Å². The van der Waals surface area contributed by atoms with Crippen LogP contribution in [0.15, 0.2) is 23.1 Å². The van der Waals surface area contributed by atoms with E-state index in [0.717, 1.165) is 48.3 Å². The molecule has 1 atom stereocenters. The Kier molecular flexibility index (Phi) is 4.22. The van der Waals surface area contributed by atoms with Gasteiger partial charge in [-0.2, -0.15) is 0 Å². The Labute approximate surface area is 128 Å². The lowest BCUT2D eigenvalue weighted by atomic mass is 9.84. The molecule has 0 saturated heterocycles. The molecule has 3 rings (SSSR count). The number of benzene rings is 1. The molecule has 1 heterocycles. The van der Waals surface area contributed by atoms with Crippen LogP contribution < -0.4 is 11.1 Å². The Balaban J connectivity index is 1.80. The zero-order valence-corrected chi connectivity index (χ0v) is 12.8. The number of amides is 1. The maximum absolute atomic E-state index is 13.5. The highest BCUT2D eigenvalue weighted by Gasteiger charge is 2.41. The Hall–Kier alpha value is -1.07. The molecule has 1 aromatic rings. The first-order valence-corrected chi connectivity index (χ1v) is 8.56. The number of nitrogens with two attached hydrogens (primary N) is 1. The molecule has 1 saturated carbocycles. The van der Waals surface area contributed by atoms with Gasteiger partial charge in [0, 0.05) is 17.2 Å². The second kappa shape index (κ2) is 5.97. The summed E-state index contributed by atoms with van der Waals surface area (Å²) < 4.78 is 13.5. The average Bonchev–Trinajstić information content (AvgIpc) is 2.98. The van der Waals surface area contributed by atoms with Crippen LogP contribution in [0.2, 0.25) is 0 Å². The molecule has 5 heteroatoms. The standard InChI is InChI=1S/C16H21FN2OS/c17-11-3-4-14-12(9-11)13(5-8-21-14)19-15(20)16(10-18)6-1-2-7-16/h3-4,9,13H,1-2,5-8,10,18H2,(H,19,20). The zero-order chi connectivity index (χ0) is 14.9. The average molecular weight is 308 g/mol. The number of halogens is 1. The summed E-state index contributed by atoms with van der Waals surface area (Å²) in [6.07, 6.45) is 4.71. The van der Waals surface area contributed by atoms with Crippen molar-refractivity contribution in [2.24, 2.45) is 11.1 Å². The van der Waals surface area contributed by atoms with Gasteiger partial charge in [-0.15, -0.1) is 11.8 Å². The third-order valence-electron chi connectivity index (χ3n) is 4.75. The quantitative estimate of drug-likeness (QED) is 0.902. The van der Waals surface area contributed by atoms with Crippen LogP contribution in [0.5, 0.6) is 0 Å². The monoisotopic (exact) mass is 308 g/mol. The first-order chi connectivity index (χ1) is 10.1. The maximum atomic E-state index is 13.5. The predicted octanol–water partition coefficient (Wildman–Crippen LogP) is 3.00. The first kappa shape index (κ1) is 14.9. The van der Waals surface area contributed by atoms with E-state index in [2.05, 4.69) is 5.32 Å². The molecule has 0 aromatic heterocycles. The van der Waals surface area contributed by atoms with Gasteiger partial charge in [0.2, 0.25) is 5.91 Å². The van der Waals surface area contributed by atoms with E-state index >= 15 is 0 Å². The predicted molar refractivity (Wildman–Crippen MR) is 82.6 cm³/mol. The van der Waals surface area contributed by atoms with Crippen molar-refractivity contribution in [1.29, 1.82) is 0 Å². The molecule has 1 unspecified atom stereocenters. The minimum absolute atomic E-state index is 0.0506. The fourth-order valence-electron chi connectivity index (χ4n) is 3.40. The second-order valence-corrected chi connectivity index (χ2v) is 7.17. The Morgan fingerprint density at radius 1 is 1.43 bits per heavy atom. The lowest BCUT2D eigenvalue weighted by Crippen LogP contribution is -2.45. The van der Waals surface area contributed by atoms with E-state index in [0.29, 0.717) is 6.54 Å². The van der Waals surface area contributed by atoms with Crippen molar-refractivity contribution >= 4 is 17.7 Å². The molecular weight excluding hydrogens is 287 g/mol. The largest absolute Gasteiger partial charge is 0.349 e. The highest BCUT2D eigenvalue weighted by atomic mass is 32.2. The minimum Gasteiger partial charge on any atom is -0.349 e. The summed E-state index contributed by atoms with van der Waals surface area (Å²) >= 11 is 1.72. The van der Waals surface area contributed by atoms with Crippen molar-refractivity contribution in [3.63, 3.8) is 0 Å². The van der Waals surface area contributed by atoms with Gasteiger partial charge in [0.1, 0.15) is 5.82 Å². The molecule has 3 nitrogen and oxygen atoms in total. The van der Waals surface area contributed by atoms with E-state index < -0.39 is 5.41 Å². The minimum atomic E-state index is -0.405. The summed E-state index contributed by atoms with van der Waals surface area (Å²) in [7, 11) is 0. The number of hydrogen-bond donors (Lipinski definition) is 2. The number of carbonyl (C=O) groups excluding carboxylic acids is 1. The van der Waals surface area contributed by atoms with Crippen LogP contribution in [-0.2, 0) is 4.79 Å². The van der Waals surface area contributed by atoms with E-state index in [4.69, 9.17) is 5.73 Å². The van der Waals surface area contributed by atoms with Crippen molar-refractivity contribution < 1.29 is 9.18 Å². The number of rotatable bonds is 3. The van der Waals surface area contributed by atoms with Gasteiger partial charge in [-0.05, 0) is 43.0 Å². The fraction of sp³-hybridized carbons (Fsp3) is 0.562. The highest BCUT2D eigenvalue weighted by molar-refractivity contribution is 7.99. The second-order valence-electron chi connectivity index (χ2n) is 6.04. The van der Waals surface area contributed by atoms with E-state index in [1.165, 1.54) is 6.07 Å². The molecule has 0 spiro atoms. The molecular formula is C16H21FN2OS. The van der Waals surface area contributed by atoms with Gasteiger partial charge in [0.05, 0.1) is 11.5 Å². The van der Waals surface area contributed by atoms with Crippen LogP contribution in [0, 0.1) is 11.2 Å². The van der Waals surface area contributed by atoms with E-state index in [-0.39, 0.29) is 17.8 Å². The van der Waals surface area contributed by atoms with Gasteiger partial charge in [-0.3, -0.25) is 4.79 Å². The lowest BCUT2D eigenvalue weighted by Gasteiger charge is -2.31. The third-order valence-corrected chi connectivity index (χ3v) is 5.87. The van der Waals surface area contributed by atoms with Crippen molar-refractivity contribution in [2.75, 3.05) is 12.3 Å². The highest BCUT2D eigenvalue weighted by Crippen LogP contribution is 2.40. The smallest absolute Gasteiger partial charge is 0.227 e. The maximum Gasteiger partial charge on any atom is 0.227 e. The number of fused-ring (bicyclic) bond motifs is 1. The van der Waals surface area contributed by atoms with Crippen LogP contribution in [-0.4, -0.2) is 18.2 Å². The number of thioether (sulfide) groups is 1. The molecule has 0 radical (unpaired) electrons. The summed E-state index contributed by atoms with van der Waals surface area (Å²) in [6.45, 7) is 0.399. The van der Waals surface area contributed by atoms with E-state index in [1.54, 1.807) is 17.8 Å². The van der Waals surface area contributed by atoms with Gasteiger partial charge in [0.25, 0.3) is 0 Å². The molecule has 1 fully saturated rings. The molecule has 114 valence electrons. The fourth-order valence-corrected chi connectivity index (χ4v) is 4.51. The van der Waals surface area contributed by atoms with Crippen LogP contribution >= 0.6 is 11.8 Å². The van der Waals surface area contributed by atoms with Crippen molar-refractivity contribution in [1.82, 2.24) is 5.32 Å². The van der Waals surface area contributed by atoms with Gasteiger partial charge in [0.15, 0.2) is 0 Å². The zero-order valence-electron chi connectivity index (χ0n) is 12.0. The summed E-state index contributed by atoms with van der Waals surface area (Å²) in [5.74, 6) is 0.749. The SMILES string of the molecule is NCC1(C(=O)NC2CCSc3ccc(F)cc32)CCCC1. The van der Waals surface area contributed by atoms with E-state index in [1.807, 2.05) is 6.07 Å². The van der Waals surface area contributed by atoms with Gasteiger partial charge < -0.3 is 11.1 Å². The van der Waals surface area contributed by atoms with E-state index in [9.17, 15) is 9.18 Å². The number of carbonyl (C=O) groups is 1. The van der Waals surface area contributed by atoms with Gasteiger partial charge in [-0.1, -0.05) is 12.8 Å². The van der Waals surface area contributed by atoms with Crippen molar-refractivity contribution in [3.05, 3.63) is 29.6 Å². The van der Waals surface area contributed by atoms with Crippen molar-refractivity contribution in [3.8, 4) is 0 Å².